The maximum Gasteiger partial charge on any atom is 0.161 e. The second-order valence-electron chi connectivity index (χ2n) is 7.05. The maximum absolute atomic E-state index is 6.02. The Morgan fingerprint density at radius 3 is 1.71 bits per heavy atom. The van der Waals surface area contributed by atoms with Crippen LogP contribution in [0, 0.1) is 0 Å². The van der Waals surface area contributed by atoms with Crippen molar-refractivity contribution in [2.24, 2.45) is 0 Å². The van der Waals surface area contributed by atoms with Gasteiger partial charge in [0.15, 0.2) is 23.0 Å². The summed E-state index contributed by atoms with van der Waals surface area (Å²) in [6.07, 6.45) is -0.352. The summed E-state index contributed by atoms with van der Waals surface area (Å²) in [6, 6.07) is 15.1. The van der Waals surface area contributed by atoms with Crippen LogP contribution in [0.4, 0.5) is 0 Å². The van der Waals surface area contributed by atoms with Crippen LogP contribution in [0.15, 0.2) is 48.5 Å². The molecule has 0 N–H and O–H groups in total. The Morgan fingerprint density at radius 1 is 0.806 bits per heavy atom. The normalized spacial score (nSPS) is 15.8. The molecule has 1 heterocycles. The minimum Gasteiger partial charge on any atom is -0.487 e. The lowest BCUT2D eigenvalue weighted by Gasteiger charge is -2.22. The highest BCUT2D eigenvalue weighted by Gasteiger charge is 2.17. The molecule has 0 radical (unpaired) electrons. The number of nitrogens with zero attached hydrogens (tertiary/aromatic N) is 1. The van der Waals surface area contributed by atoms with Gasteiger partial charge in [0.05, 0.1) is 19.8 Å². The van der Waals surface area contributed by atoms with E-state index < -0.39 is 0 Å². The molecule has 2 aromatic carbocycles. The largest absolute Gasteiger partial charge is 0.487 e. The van der Waals surface area contributed by atoms with Gasteiger partial charge < -0.3 is 33.3 Å². The van der Waals surface area contributed by atoms with Gasteiger partial charge in [-0.3, -0.25) is 0 Å². The zero-order valence-corrected chi connectivity index (χ0v) is 18.8. The van der Waals surface area contributed by atoms with E-state index in [-0.39, 0.29) is 19.3 Å². The molecule has 31 heavy (non-hydrogen) atoms. The van der Waals surface area contributed by atoms with Gasteiger partial charge in [0, 0.05) is 14.1 Å². The number of fused-ring (bicyclic) bond motifs is 2. The smallest absolute Gasteiger partial charge is 0.161 e. The Bertz CT molecular complexity index is 776. The van der Waals surface area contributed by atoms with Gasteiger partial charge in [-0.15, -0.1) is 0 Å². The van der Waals surface area contributed by atoms with Gasteiger partial charge in [-0.05, 0) is 24.3 Å². The Morgan fingerprint density at radius 2 is 1.26 bits per heavy atom. The monoisotopic (exact) mass is 447 g/mol. The summed E-state index contributed by atoms with van der Waals surface area (Å²) in [5.74, 6) is 2.59. The summed E-state index contributed by atoms with van der Waals surface area (Å²) in [5.41, 5.74) is 0. The van der Waals surface area contributed by atoms with Gasteiger partial charge >= 0.3 is 0 Å². The lowest BCUT2D eigenvalue weighted by molar-refractivity contribution is 0.00687. The van der Waals surface area contributed by atoms with Gasteiger partial charge in [0.25, 0.3) is 0 Å². The van der Waals surface area contributed by atoms with Crippen LogP contribution in [-0.4, -0.2) is 76.3 Å². The van der Waals surface area contributed by atoms with E-state index in [1.165, 1.54) is 0 Å². The van der Waals surface area contributed by atoms with Crippen LogP contribution < -0.4 is 18.9 Å². The molecule has 3 rings (SSSR count). The Kier molecular flexibility index (Phi) is 9.20. The summed E-state index contributed by atoms with van der Waals surface area (Å²) in [4.78, 5) is 2.54. The number of likely N-dealkylation sites (N-methyl/N-ethyl adjacent to an activating group) is 1. The number of rotatable bonds is 3. The molecule has 0 atom stereocenters. The second kappa shape index (κ2) is 12.3. The van der Waals surface area contributed by atoms with E-state index in [0.29, 0.717) is 61.0 Å². The summed E-state index contributed by atoms with van der Waals surface area (Å²) >= 11 is 5.35. The van der Waals surface area contributed by atoms with E-state index >= 15 is 0 Å². The van der Waals surface area contributed by atoms with E-state index in [9.17, 15) is 0 Å². The minimum atomic E-state index is -0.352. The molecule has 0 spiro atoms. The van der Waals surface area contributed by atoms with Crippen molar-refractivity contribution in [2.45, 2.75) is 6.10 Å². The van der Waals surface area contributed by atoms with Crippen LogP contribution in [0.5, 0.6) is 23.0 Å². The van der Waals surface area contributed by atoms with E-state index in [4.69, 9.17) is 40.6 Å². The van der Waals surface area contributed by atoms with Gasteiger partial charge in [-0.1, -0.05) is 36.5 Å². The first kappa shape index (κ1) is 23.1. The van der Waals surface area contributed by atoms with Crippen molar-refractivity contribution in [2.75, 3.05) is 60.3 Å². The molecule has 1 aliphatic rings. The average molecular weight is 448 g/mol. The third kappa shape index (κ3) is 7.57. The van der Waals surface area contributed by atoms with Crippen molar-refractivity contribution in [1.29, 1.82) is 0 Å². The van der Waals surface area contributed by atoms with Crippen LogP contribution in [0.2, 0.25) is 0 Å². The highest BCUT2D eigenvalue weighted by Crippen LogP contribution is 2.28. The van der Waals surface area contributed by atoms with Crippen LogP contribution in [-0.2, 0) is 9.47 Å². The standard InChI is InChI=1S/C23H29NO6S/c1-24(2)23(31)17-28-18-15-29-21-9-5-3-7-19(21)26-13-11-25-12-14-27-20-8-4-6-10-22(20)30-16-18/h3-10,18H,11-17H2,1-2H3. The van der Waals surface area contributed by atoms with Crippen molar-refractivity contribution in [3.63, 3.8) is 0 Å². The molecular formula is C23H29NO6S. The summed E-state index contributed by atoms with van der Waals surface area (Å²) < 4.78 is 35.3. The number of benzene rings is 2. The van der Waals surface area contributed by atoms with Gasteiger partial charge in [0.2, 0.25) is 0 Å². The molecular weight excluding hydrogens is 418 g/mol. The minimum absolute atomic E-state index is 0.274. The summed E-state index contributed by atoms with van der Waals surface area (Å²) in [6.45, 7) is 2.57. The fourth-order valence-corrected chi connectivity index (χ4v) is 2.80. The van der Waals surface area contributed by atoms with E-state index in [2.05, 4.69) is 0 Å². The topological polar surface area (TPSA) is 58.6 Å². The van der Waals surface area contributed by atoms with Gasteiger partial charge in [-0.2, -0.15) is 0 Å². The van der Waals surface area contributed by atoms with Crippen molar-refractivity contribution < 1.29 is 28.4 Å². The molecule has 168 valence electrons. The molecule has 0 unspecified atom stereocenters. The fourth-order valence-electron chi connectivity index (χ4n) is 2.73. The first-order valence-corrected chi connectivity index (χ1v) is 10.6. The molecule has 8 heteroatoms. The van der Waals surface area contributed by atoms with Crippen LogP contribution in [0.3, 0.4) is 0 Å². The summed E-state index contributed by atoms with van der Waals surface area (Å²) in [7, 11) is 3.78. The molecule has 0 saturated heterocycles. The molecule has 0 aliphatic carbocycles. The quantitative estimate of drug-likeness (QED) is 0.665. The van der Waals surface area contributed by atoms with Gasteiger partial charge in [-0.25, -0.2) is 0 Å². The number of hydrogen-bond acceptors (Lipinski definition) is 7. The van der Waals surface area contributed by atoms with Crippen LogP contribution in [0.1, 0.15) is 0 Å². The fraction of sp³-hybridized carbons (Fsp3) is 0.435. The summed E-state index contributed by atoms with van der Waals surface area (Å²) in [5, 5.41) is 0. The number of para-hydroxylation sites is 4. The van der Waals surface area contributed by atoms with Crippen LogP contribution in [0.25, 0.3) is 0 Å². The zero-order chi connectivity index (χ0) is 21.9. The lowest BCUT2D eigenvalue weighted by Crippen LogP contribution is -2.33. The first-order valence-electron chi connectivity index (χ1n) is 10.2. The number of ether oxygens (including phenoxy) is 6. The molecule has 0 fully saturated rings. The Labute approximate surface area is 188 Å². The van der Waals surface area contributed by atoms with E-state index in [1.807, 2.05) is 67.5 Å². The first-order chi connectivity index (χ1) is 15.1. The van der Waals surface area contributed by atoms with Gasteiger partial charge in [0.1, 0.15) is 37.5 Å². The maximum atomic E-state index is 6.02. The van der Waals surface area contributed by atoms with Crippen LogP contribution >= 0.6 is 12.2 Å². The Hall–Kier alpha value is -2.55. The van der Waals surface area contributed by atoms with Crippen molar-refractivity contribution in [1.82, 2.24) is 4.90 Å². The SMILES string of the molecule is CN(C)C(=S)COC1COc2ccccc2OCCOCCOc2ccccc2OC1. The van der Waals surface area contributed by atoms with Crippen molar-refractivity contribution in [3.05, 3.63) is 48.5 Å². The molecule has 0 aromatic heterocycles. The number of thiocarbonyl (C=S) groups is 1. The third-order valence-electron chi connectivity index (χ3n) is 4.46. The molecule has 0 amide bonds. The third-order valence-corrected chi connectivity index (χ3v) is 4.94. The molecule has 0 bridgehead atoms. The predicted molar refractivity (Wildman–Crippen MR) is 122 cm³/mol. The lowest BCUT2D eigenvalue weighted by atomic mass is 10.3. The van der Waals surface area contributed by atoms with Crippen molar-refractivity contribution in [3.8, 4) is 23.0 Å². The number of hydrogen-bond donors (Lipinski definition) is 0. The Balaban J connectivity index is 1.74. The van der Waals surface area contributed by atoms with E-state index in [0.717, 1.165) is 0 Å². The predicted octanol–water partition coefficient (Wildman–Crippen LogP) is 3.21. The van der Waals surface area contributed by atoms with Crippen molar-refractivity contribution >= 4 is 17.2 Å². The molecule has 2 aromatic rings. The average Bonchev–Trinajstić information content (AvgIpc) is 2.78. The zero-order valence-electron chi connectivity index (χ0n) is 18.0. The molecule has 7 nitrogen and oxygen atoms in total. The highest BCUT2D eigenvalue weighted by atomic mass is 32.1. The molecule has 0 saturated carbocycles. The second-order valence-corrected chi connectivity index (χ2v) is 7.52. The molecule has 1 aliphatic heterocycles. The highest BCUT2D eigenvalue weighted by molar-refractivity contribution is 7.80. The van der Waals surface area contributed by atoms with E-state index in [1.54, 1.807) is 0 Å².